The van der Waals surface area contributed by atoms with Crippen LogP contribution in [0.1, 0.15) is 23.2 Å². The minimum absolute atomic E-state index is 0.121. The molecule has 0 saturated heterocycles. The molecule has 5 heteroatoms. The molecule has 0 spiro atoms. The van der Waals surface area contributed by atoms with Gasteiger partial charge >= 0.3 is 0 Å². The fraction of sp³-hybridized carbons (Fsp3) is 0.294. The van der Waals surface area contributed by atoms with E-state index in [9.17, 15) is 4.79 Å². The first-order valence-corrected chi connectivity index (χ1v) is 7.36. The third kappa shape index (κ3) is 3.03. The zero-order chi connectivity index (χ0) is 15.5. The summed E-state index contributed by atoms with van der Waals surface area (Å²) in [4.78, 5) is 16.0. The number of aryl methyl sites for hydroxylation is 2. The second kappa shape index (κ2) is 6.05. The van der Waals surface area contributed by atoms with Crippen LogP contribution in [0.4, 0.5) is 5.95 Å². The van der Waals surface area contributed by atoms with Crippen molar-refractivity contribution in [2.45, 2.75) is 19.3 Å². The van der Waals surface area contributed by atoms with Gasteiger partial charge in [0, 0.05) is 19.5 Å². The van der Waals surface area contributed by atoms with E-state index in [0.717, 1.165) is 25.1 Å². The van der Waals surface area contributed by atoms with Gasteiger partial charge in [0.1, 0.15) is 0 Å². The molecule has 2 heterocycles. The van der Waals surface area contributed by atoms with Crippen LogP contribution in [0.15, 0.2) is 41.4 Å². The van der Waals surface area contributed by atoms with E-state index in [-0.39, 0.29) is 11.5 Å². The standard InChI is InChI=1S/C17H19N3O2/c1-20-16(21)10-15(19-17(20)18)6-5-12-3-2-4-13(9-12)14-7-8-22-11-14/h2-4,9-11H,5-8H2,1H3,(H2,18,19). The number of aromatic nitrogens is 2. The molecule has 3 rings (SSSR count). The van der Waals surface area contributed by atoms with Gasteiger partial charge in [0.15, 0.2) is 0 Å². The molecule has 0 amide bonds. The van der Waals surface area contributed by atoms with Crippen molar-refractivity contribution in [3.05, 3.63) is 63.8 Å². The zero-order valence-electron chi connectivity index (χ0n) is 12.6. The van der Waals surface area contributed by atoms with Crippen molar-refractivity contribution in [3.63, 3.8) is 0 Å². The van der Waals surface area contributed by atoms with E-state index in [4.69, 9.17) is 10.5 Å². The van der Waals surface area contributed by atoms with Crippen LogP contribution in [-0.2, 0) is 24.6 Å². The van der Waals surface area contributed by atoms with E-state index < -0.39 is 0 Å². The predicted molar refractivity (Wildman–Crippen MR) is 86.3 cm³/mol. The van der Waals surface area contributed by atoms with Gasteiger partial charge in [-0.3, -0.25) is 9.36 Å². The van der Waals surface area contributed by atoms with Crippen LogP contribution in [0.2, 0.25) is 0 Å². The van der Waals surface area contributed by atoms with Gasteiger partial charge in [-0.05, 0) is 29.5 Å². The maximum atomic E-state index is 11.7. The van der Waals surface area contributed by atoms with Crippen LogP contribution in [0, 0.1) is 0 Å². The number of nitrogen functional groups attached to an aromatic ring is 1. The van der Waals surface area contributed by atoms with Gasteiger partial charge in [0.05, 0.1) is 18.6 Å². The van der Waals surface area contributed by atoms with Crippen molar-refractivity contribution >= 4 is 11.5 Å². The highest BCUT2D eigenvalue weighted by Gasteiger charge is 2.09. The highest BCUT2D eigenvalue weighted by Crippen LogP contribution is 2.24. The highest BCUT2D eigenvalue weighted by atomic mass is 16.5. The number of hydrogen-bond acceptors (Lipinski definition) is 4. The fourth-order valence-corrected chi connectivity index (χ4v) is 2.53. The fourth-order valence-electron chi connectivity index (χ4n) is 2.53. The molecule has 1 aliphatic heterocycles. The smallest absolute Gasteiger partial charge is 0.254 e. The molecule has 0 fully saturated rings. The lowest BCUT2D eigenvalue weighted by Gasteiger charge is -2.07. The number of nitrogens with zero attached hydrogens (tertiary/aromatic N) is 2. The molecule has 0 radical (unpaired) electrons. The normalized spacial score (nSPS) is 13.8. The lowest BCUT2D eigenvalue weighted by atomic mass is 10.00. The summed E-state index contributed by atoms with van der Waals surface area (Å²) in [5, 5.41) is 0. The van der Waals surface area contributed by atoms with Gasteiger partial charge in [0.2, 0.25) is 5.95 Å². The molecule has 1 aromatic heterocycles. The molecule has 2 N–H and O–H groups in total. The summed E-state index contributed by atoms with van der Waals surface area (Å²) in [6.45, 7) is 0.760. The number of nitrogens with two attached hydrogens (primary N) is 1. The summed E-state index contributed by atoms with van der Waals surface area (Å²) >= 11 is 0. The molecular formula is C17H19N3O2. The first kappa shape index (κ1) is 14.4. The average molecular weight is 297 g/mol. The second-order valence-corrected chi connectivity index (χ2v) is 5.47. The molecule has 2 aromatic rings. The Kier molecular flexibility index (Phi) is 3.96. The van der Waals surface area contributed by atoms with Gasteiger partial charge in [-0.15, -0.1) is 0 Å². The highest BCUT2D eigenvalue weighted by molar-refractivity contribution is 5.66. The topological polar surface area (TPSA) is 70.1 Å². The number of anilines is 1. The largest absolute Gasteiger partial charge is 0.501 e. The van der Waals surface area contributed by atoms with E-state index in [1.165, 1.54) is 21.3 Å². The number of hydrogen-bond donors (Lipinski definition) is 1. The quantitative estimate of drug-likeness (QED) is 0.936. The average Bonchev–Trinajstić information content (AvgIpc) is 3.05. The molecule has 1 aliphatic rings. The van der Waals surface area contributed by atoms with E-state index in [2.05, 4.69) is 29.2 Å². The van der Waals surface area contributed by atoms with Crippen molar-refractivity contribution in [1.82, 2.24) is 9.55 Å². The summed E-state index contributed by atoms with van der Waals surface area (Å²) in [6, 6.07) is 9.96. The molecule has 0 atom stereocenters. The summed E-state index contributed by atoms with van der Waals surface area (Å²) < 4.78 is 6.64. The second-order valence-electron chi connectivity index (χ2n) is 5.47. The SMILES string of the molecule is Cn1c(N)nc(CCc2cccc(C3=COCC3)c2)cc1=O. The first-order valence-electron chi connectivity index (χ1n) is 7.36. The molecule has 5 nitrogen and oxygen atoms in total. The Labute approximate surface area is 129 Å². The summed E-state index contributed by atoms with van der Waals surface area (Å²) in [5.41, 5.74) is 9.99. The van der Waals surface area contributed by atoms with Crippen LogP contribution < -0.4 is 11.3 Å². The maximum Gasteiger partial charge on any atom is 0.254 e. The number of rotatable bonds is 4. The first-order chi connectivity index (χ1) is 10.6. The van der Waals surface area contributed by atoms with Gasteiger partial charge < -0.3 is 10.5 Å². The maximum absolute atomic E-state index is 11.7. The molecule has 0 aliphatic carbocycles. The van der Waals surface area contributed by atoms with E-state index in [1.54, 1.807) is 13.1 Å². The third-order valence-corrected chi connectivity index (χ3v) is 3.90. The molecule has 0 bridgehead atoms. The number of ether oxygens (including phenoxy) is 1. The predicted octanol–water partition coefficient (Wildman–Crippen LogP) is 1.91. The Morgan fingerprint density at radius 3 is 2.91 bits per heavy atom. The van der Waals surface area contributed by atoms with Gasteiger partial charge in [-0.2, -0.15) is 0 Å². The van der Waals surface area contributed by atoms with Crippen LogP contribution >= 0.6 is 0 Å². The summed E-state index contributed by atoms with van der Waals surface area (Å²) in [5.74, 6) is 0.254. The minimum atomic E-state index is -0.121. The van der Waals surface area contributed by atoms with Crippen LogP contribution in [0.25, 0.3) is 5.57 Å². The molecule has 22 heavy (non-hydrogen) atoms. The van der Waals surface area contributed by atoms with E-state index in [1.807, 2.05) is 6.26 Å². The Morgan fingerprint density at radius 1 is 1.32 bits per heavy atom. The van der Waals surface area contributed by atoms with Gasteiger partial charge in [-0.25, -0.2) is 4.98 Å². The summed E-state index contributed by atoms with van der Waals surface area (Å²) in [7, 11) is 1.62. The van der Waals surface area contributed by atoms with Gasteiger partial charge in [-0.1, -0.05) is 24.3 Å². The molecule has 0 saturated carbocycles. The molecule has 0 unspecified atom stereocenters. The zero-order valence-corrected chi connectivity index (χ0v) is 12.6. The lowest BCUT2D eigenvalue weighted by molar-refractivity contribution is 0.281. The Balaban J connectivity index is 1.74. The Bertz CT molecular complexity index is 778. The van der Waals surface area contributed by atoms with Crippen LogP contribution in [-0.4, -0.2) is 16.2 Å². The van der Waals surface area contributed by atoms with E-state index in [0.29, 0.717) is 6.42 Å². The van der Waals surface area contributed by atoms with Crippen LogP contribution in [0.3, 0.4) is 0 Å². The van der Waals surface area contributed by atoms with Gasteiger partial charge in [0.25, 0.3) is 5.56 Å². The third-order valence-electron chi connectivity index (χ3n) is 3.90. The number of benzene rings is 1. The van der Waals surface area contributed by atoms with Crippen molar-refractivity contribution in [2.24, 2.45) is 7.05 Å². The van der Waals surface area contributed by atoms with Crippen molar-refractivity contribution in [3.8, 4) is 0 Å². The van der Waals surface area contributed by atoms with E-state index >= 15 is 0 Å². The molecule has 114 valence electrons. The van der Waals surface area contributed by atoms with Crippen molar-refractivity contribution < 1.29 is 4.74 Å². The molecule has 1 aromatic carbocycles. The molecular weight excluding hydrogens is 278 g/mol. The minimum Gasteiger partial charge on any atom is -0.501 e. The monoisotopic (exact) mass is 297 g/mol. The van der Waals surface area contributed by atoms with Crippen molar-refractivity contribution in [2.75, 3.05) is 12.3 Å². The van der Waals surface area contributed by atoms with Crippen molar-refractivity contribution in [1.29, 1.82) is 0 Å². The Morgan fingerprint density at radius 2 is 2.18 bits per heavy atom. The summed E-state index contributed by atoms with van der Waals surface area (Å²) in [6.07, 6.45) is 4.30. The Hall–Kier alpha value is -2.56. The lowest BCUT2D eigenvalue weighted by Crippen LogP contribution is -2.21. The van der Waals surface area contributed by atoms with Crippen LogP contribution in [0.5, 0.6) is 0 Å².